The van der Waals surface area contributed by atoms with E-state index in [9.17, 15) is 4.79 Å². The Morgan fingerprint density at radius 2 is 2.32 bits per heavy atom. The molecule has 116 valence electrons. The number of imidazole rings is 1. The number of carbonyl (C=O) groups is 1. The SMILES string of the molecule is CCc1nccn1CCC(=O)N[C@H]1COc2ccccc2C1. The summed E-state index contributed by atoms with van der Waals surface area (Å²) in [7, 11) is 0. The molecule has 0 saturated carbocycles. The summed E-state index contributed by atoms with van der Waals surface area (Å²) in [6.07, 6.45) is 5.87. The third-order valence-corrected chi connectivity index (χ3v) is 3.94. The summed E-state index contributed by atoms with van der Waals surface area (Å²) in [6, 6.07) is 8.04. The average molecular weight is 299 g/mol. The van der Waals surface area contributed by atoms with E-state index in [-0.39, 0.29) is 11.9 Å². The minimum absolute atomic E-state index is 0.0517. The first kappa shape index (κ1) is 14.6. The van der Waals surface area contributed by atoms with E-state index in [0.29, 0.717) is 19.6 Å². The van der Waals surface area contributed by atoms with Crippen molar-refractivity contribution in [3.05, 3.63) is 48.0 Å². The summed E-state index contributed by atoms with van der Waals surface area (Å²) in [6.45, 7) is 3.27. The van der Waals surface area contributed by atoms with E-state index in [2.05, 4.69) is 17.2 Å². The normalized spacial score (nSPS) is 16.7. The molecule has 1 aliphatic rings. The summed E-state index contributed by atoms with van der Waals surface area (Å²) in [5, 5.41) is 3.06. The minimum atomic E-state index is 0.0517. The molecule has 5 heteroatoms. The van der Waals surface area contributed by atoms with Gasteiger partial charge in [-0.3, -0.25) is 4.79 Å². The van der Waals surface area contributed by atoms with Gasteiger partial charge < -0.3 is 14.6 Å². The lowest BCUT2D eigenvalue weighted by atomic mass is 10.0. The van der Waals surface area contributed by atoms with E-state index >= 15 is 0 Å². The molecule has 1 aliphatic heterocycles. The molecule has 3 rings (SSSR count). The Hall–Kier alpha value is -2.30. The molecule has 2 aromatic rings. The van der Waals surface area contributed by atoms with Crippen LogP contribution in [0.25, 0.3) is 0 Å². The second-order valence-corrected chi connectivity index (χ2v) is 5.53. The van der Waals surface area contributed by atoms with Crippen LogP contribution in [0.4, 0.5) is 0 Å². The van der Waals surface area contributed by atoms with Crippen molar-refractivity contribution in [3.8, 4) is 5.75 Å². The van der Waals surface area contributed by atoms with Gasteiger partial charge in [0.1, 0.15) is 18.2 Å². The van der Waals surface area contributed by atoms with E-state index in [4.69, 9.17) is 4.74 Å². The predicted octanol–water partition coefficient (Wildman–Crippen LogP) is 1.96. The molecule has 1 amide bonds. The zero-order chi connectivity index (χ0) is 15.4. The van der Waals surface area contributed by atoms with Crippen LogP contribution >= 0.6 is 0 Å². The molecular weight excluding hydrogens is 278 g/mol. The van der Waals surface area contributed by atoms with E-state index in [0.717, 1.165) is 30.0 Å². The number of aryl methyl sites for hydroxylation is 2. The number of aromatic nitrogens is 2. The largest absolute Gasteiger partial charge is 0.491 e. The fourth-order valence-electron chi connectivity index (χ4n) is 2.80. The molecule has 0 radical (unpaired) electrons. The smallest absolute Gasteiger partial charge is 0.222 e. The van der Waals surface area contributed by atoms with Crippen molar-refractivity contribution >= 4 is 5.91 Å². The number of hydrogen-bond acceptors (Lipinski definition) is 3. The van der Waals surface area contributed by atoms with Crippen LogP contribution in [-0.2, 0) is 24.2 Å². The number of fused-ring (bicyclic) bond motifs is 1. The average Bonchev–Trinajstić information content (AvgIpc) is 3.00. The van der Waals surface area contributed by atoms with Gasteiger partial charge in [0.2, 0.25) is 5.91 Å². The van der Waals surface area contributed by atoms with E-state index in [1.54, 1.807) is 6.20 Å². The van der Waals surface area contributed by atoms with Crippen LogP contribution in [0.1, 0.15) is 24.7 Å². The Bertz CT molecular complexity index is 651. The number of nitrogens with zero attached hydrogens (tertiary/aromatic N) is 2. The first-order chi connectivity index (χ1) is 10.8. The van der Waals surface area contributed by atoms with Crippen molar-refractivity contribution in [3.63, 3.8) is 0 Å². The third kappa shape index (κ3) is 3.30. The maximum atomic E-state index is 12.1. The minimum Gasteiger partial charge on any atom is -0.491 e. The topological polar surface area (TPSA) is 56.2 Å². The van der Waals surface area contributed by atoms with Crippen molar-refractivity contribution in [2.24, 2.45) is 0 Å². The first-order valence-electron chi connectivity index (χ1n) is 7.76. The Labute approximate surface area is 130 Å². The zero-order valence-corrected chi connectivity index (χ0v) is 12.8. The second-order valence-electron chi connectivity index (χ2n) is 5.53. The van der Waals surface area contributed by atoms with Crippen LogP contribution in [0, 0.1) is 0 Å². The number of amides is 1. The molecule has 0 fully saturated rings. The quantitative estimate of drug-likeness (QED) is 0.918. The number of hydrogen-bond donors (Lipinski definition) is 1. The highest BCUT2D eigenvalue weighted by Gasteiger charge is 2.20. The van der Waals surface area contributed by atoms with Crippen LogP contribution in [0.3, 0.4) is 0 Å². The number of nitrogens with one attached hydrogen (secondary N) is 1. The number of ether oxygens (including phenoxy) is 1. The van der Waals surface area contributed by atoms with Crippen molar-refractivity contribution in [1.29, 1.82) is 0 Å². The van der Waals surface area contributed by atoms with E-state index < -0.39 is 0 Å². The predicted molar refractivity (Wildman–Crippen MR) is 83.8 cm³/mol. The summed E-state index contributed by atoms with van der Waals surface area (Å²) in [5.41, 5.74) is 1.15. The van der Waals surface area contributed by atoms with Crippen LogP contribution < -0.4 is 10.1 Å². The highest BCUT2D eigenvalue weighted by Crippen LogP contribution is 2.23. The fourth-order valence-corrected chi connectivity index (χ4v) is 2.80. The van der Waals surface area contributed by atoms with Gasteiger partial charge in [-0.25, -0.2) is 4.98 Å². The monoisotopic (exact) mass is 299 g/mol. The molecule has 2 heterocycles. The van der Waals surface area contributed by atoms with Gasteiger partial charge in [0, 0.05) is 31.8 Å². The molecule has 0 aliphatic carbocycles. The van der Waals surface area contributed by atoms with Gasteiger partial charge in [0.25, 0.3) is 0 Å². The molecule has 1 aromatic heterocycles. The van der Waals surface area contributed by atoms with Crippen molar-refractivity contribution < 1.29 is 9.53 Å². The lowest BCUT2D eigenvalue weighted by molar-refractivity contribution is -0.122. The molecule has 1 N–H and O–H groups in total. The Balaban J connectivity index is 1.51. The van der Waals surface area contributed by atoms with Gasteiger partial charge in [-0.15, -0.1) is 0 Å². The van der Waals surface area contributed by atoms with Crippen LogP contribution in [0.5, 0.6) is 5.75 Å². The maximum absolute atomic E-state index is 12.1. The number of benzene rings is 1. The van der Waals surface area contributed by atoms with Gasteiger partial charge in [0.05, 0.1) is 6.04 Å². The fraction of sp³-hybridized carbons (Fsp3) is 0.412. The molecule has 0 unspecified atom stereocenters. The summed E-state index contributed by atoms with van der Waals surface area (Å²) >= 11 is 0. The summed E-state index contributed by atoms with van der Waals surface area (Å²) in [5.74, 6) is 2.01. The lowest BCUT2D eigenvalue weighted by Crippen LogP contribution is -2.42. The van der Waals surface area contributed by atoms with Gasteiger partial charge >= 0.3 is 0 Å². The van der Waals surface area contributed by atoms with Crippen molar-refractivity contribution in [1.82, 2.24) is 14.9 Å². The van der Waals surface area contributed by atoms with Gasteiger partial charge in [-0.1, -0.05) is 25.1 Å². The molecule has 0 saturated heterocycles. The summed E-state index contributed by atoms with van der Waals surface area (Å²) in [4.78, 5) is 16.4. The molecule has 0 bridgehead atoms. The maximum Gasteiger partial charge on any atom is 0.222 e. The third-order valence-electron chi connectivity index (χ3n) is 3.94. The lowest BCUT2D eigenvalue weighted by Gasteiger charge is -2.26. The summed E-state index contributed by atoms with van der Waals surface area (Å²) < 4.78 is 7.73. The molecule has 22 heavy (non-hydrogen) atoms. The first-order valence-corrected chi connectivity index (χ1v) is 7.76. The second kappa shape index (κ2) is 6.64. The number of rotatable bonds is 5. The molecule has 1 aromatic carbocycles. The Morgan fingerprint density at radius 3 is 3.18 bits per heavy atom. The van der Waals surface area contributed by atoms with E-state index in [1.165, 1.54) is 0 Å². The Kier molecular flexibility index (Phi) is 4.42. The van der Waals surface area contributed by atoms with Crippen LogP contribution in [-0.4, -0.2) is 28.1 Å². The Morgan fingerprint density at radius 1 is 1.45 bits per heavy atom. The van der Waals surface area contributed by atoms with Crippen molar-refractivity contribution in [2.45, 2.75) is 38.8 Å². The molecular formula is C17H21N3O2. The molecule has 0 spiro atoms. The van der Waals surface area contributed by atoms with Crippen LogP contribution in [0.2, 0.25) is 0 Å². The molecule has 5 nitrogen and oxygen atoms in total. The van der Waals surface area contributed by atoms with E-state index in [1.807, 2.05) is 35.0 Å². The highest BCUT2D eigenvalue weighted by molar-refractivity contribution is 5.76. The van der Waals surface area contributed by atoms with Gasteiger partial charge in [0.15, 0.2) is 0 Å². The standard InChI is InChI=1S/C17H21N3O2/c1-2-16-18-8-10-20(16)9-7-17(21)19-14-11-13-5-3-4-6-15(13)22-12-14/h3-6,8,10,14H,2,7,9,11-12H2,1H3,(H,19,21)/t14-/m1/s1. The van der Waals surface area contributed by atoms with Crippen molar-refractivity contribution in [2.75, 3.05) is 6.61 Å². The number of carbonyl (C=O) groups excluding carboxylic acids is 1. The zero-order valence-electron chi connectivity index (χ0n) is 12.8. The van der Waals surface area contributed by atoms with Crippen LogP contribution in [0.15, 0.2) is 36.7 Å². The van der Waals surface area contributed by atoms with Gasteiger partial charge in [-0.2, -0.15) is 0 Å². The highest BCUT2D eigenvalue weighted by atomic mass is 16.5. The number of para-hydroxylation sites is 1. The van der Waals surface area contributed by atoms with Gasteiger partial charge in [-0.05, 0) is 18.1 Å². The molecule has 1 atom stereocenters.